The van der Waals surface area contributed by atoms with Crippen molar-refractivity contribution in [1.82, 2.24) is 0 Å². The molecule has 2 N–H and O–H groups in total. The van der Waals surface area contributed by atoms with Gasteiger partial charge >= 0.3 is 0 Å². The summed E-state index contributed by atoms with van der Waals surface area (Å²) in [5.41, 5.74) is 1.35. The van der Waals surface area contributed by atoms with Gasteiger partial charge < -0.3 is 24.5 Å². The number of benzene rings is 2. The van der Waals surface area contributed by atoms with Crippen LogP contribution < -0.4 is 20.1 Å². The van der Waals surface area contributed by atoms with E-state index in [1.54, 1.807) is 48.5 Å². The summed E-state index contributed by atoms with van der Waals surface area (Å²) in [6.45, 7) is 4.40. The SMILES string of the molecule is CCOc1cc(NC(=O)c2ccc(Br)o2)c(OCC)cc1NC(=O)c1ccccc1. The highest BCUT2D eigenvalue weighted by molar-refractivity contribution is 9.10. The molecule has 8 heteroatoms. The normalized spacial score (nSPS) is 10.4. The predicted octanol–water partition coefficient (Wildman–Crippen LogP) is 5.34. The van der Waals surface area contributed by atoms with Crippen molar-refractivity contribution in [1.29, 1.82) is 0 Å². The number of carbonyl (C=O) groups is 2. The molecule has 0 saturated carbocycles. The summed E-state index contributed by atoms with van der Waals surface area (Å²) in [5, 5.41) is 5.61. The van der Waals surface area contributed by atoms with Gasteiger partial charge in [-0.1, -0.05) is 18.2 Å². The maximum atomic E-state index is 12.6. The Labute approximate surface area is 182 Å². The molecule has 2 amide bonds. The predicted molar refractivity (Wildman–Crippen MR) is 118 cm³/mol. The van der Waals surface area contributed by atoms with Crippen molar-refractivity contribution in [2.75, 3.05) is 23.8 Å². The van der Waals surface area contributed by atoms with Gasteiger partial charge in [0.15, 0.2) is 10.4 Å². The lowest BCUT2D eigenvalue weighted by Crippen LogP contribution is -2.15. The van der Waals surface area contributed by atoms with Crippen molar-refractivity contribution in [2.24, 2.45) is 0 Å². The summed E-state index contributed by atoms with van der Waals surface area (Å²) in [6, 6.07) is 15.3. The van der Waals surface area contributed by atoms with Crippen molar-refractivity contribution in [2.45, 2.75) is 13.8 Å². The van der Waals surface area contributed by atoms with Crippen molar-refractivity contribution in [3.63, 3.8) is 0 Å². The first kappa shape index (κ1) is 21.4. The lowest BCUT2D eigenvalue weighted by molar-refractivity contribution is 0.0992. The van der Waals surface area contributed by atoms with E-state index >= 15 is 0 Å². The molecule has 0 unspecified atom stereocenters. The van der Waals surface area contributed by atoms with Gasteiger partial charge in [0.25, 0.3) is 11.8 Å². The minimum absolute atomic E-state index is 0.142. The third-order valence-corrected chi connectivity index (χ3v) is 4.44. The van der Waals surface area contributed by atoms with E-state index in [2.05, 4.69) is 26.6 Å². The molecule has 0 spiro atoms. The van der Waals surface area contributed by atoms with Crippen molar-refractivity contribution >= 4 is 39.1 Å². The van der Waals surface area contributed by atoms with Crippen LogP contribution in [0.15, 0.2) is 63.7 Å². The third kappa shape index (κ3) is 5.21. The topological polar surface area (TPSA) is 89.8 Å². The fraction of sp³-hybridized carbons (Fsp3) is 0.182. The molecule has 0 aliphatic rings. The Morgan fingerprint density at radius 3 is 1.93 bits per heavy atom. The van der Waals surface area contributed by atoms with Crippen LogP contribution in [0.4, 0.5) is 11.4 Å². The molecule has 0 atom stereocenters. The average molecular weight is 473 g/mol. The van der Waals surface area contributed by atoms with Gasteiger partial charge in [-0.05, 0) is 54.0 Å². The molecular weight excluding hydrogens is 452 g/mol. The molecule has 3 rings (SSSR count). The van der Waals surface area contributed by atoms with E-state index in [4.69, 9.17) is 13.9 Å². The Bertz CT molecular complexity index is 1030. The van der Waals surface area contributed by atoms with Crippen LogP contribution in [0.2, 0.25) is 0 Å². The van der Waals surface area contributed by atoms with Gasteiger partial charge in [0.2, 0.25) is 0 Å². The second-order valence-electron chi connectivity index (χ2n) is 6.09. The van der Waals surface area contributed by atoms with Gasteiger partial charge in [-0.3, -0.25) is 9.59 Å². The number of furan rings is 1. The summed E-state index contributed by atoms with van der Waals surface area (Å²) < 4.78 is 17.1. The van der Waals surface area contributed by atoms with E-state index in [9.17, 15) is 9.59 Å². The Morgan fingerprint density at radius 2 is 1.43 bits per heavy atom. The molecule has 0 fully saturated rings. The maximum Gasteiger partial charge on any atom is 0.291 e. The first-order valence-corrected chi connectivity index (χ1v) is 10.2. The second-order valence-corrected chi connectivity index (χ2v) is 6.87. The Morgan fingerprint density at radius 1 is 0.867 bits per heavy atom. The average Bonchev–Trinajstić information content (AvgIpc) is 3.18. The van der Waals surface area contributed by atoms with E-state index in [1.165, 1.54) is 0 Å². The maximum absolute atomic E-state index is 12.6. The minimum Gasteiger partial charge on any atom is -0.492 e. The summed E-state index contributed by atoms with van der Waals surface area (Å²) in [7, 11) is 0. The summed E-state index contributed by atoms with van der Waals surface area (Å²) in [6.07, 6.45) is 0. The van der Waals surface area contributed by atoms with E-state index < -0.39 is 5.91 Å². The van der Waals surface area contributed by atoms with Gasteiger partial charge in [-0.25, -0.2) is 0 Å². The zero-order chi connectivity index (χ0) is 21.5. The standard InChI is InChI=1S/C22H21BrN2O5/c1-3-28-18-13-16(25-22(27)17-10-11-20(23)30-17)19(29-4-2)12-15(18)24-21(26)14-8-6-5-7-9-14/h5-13H,3-4H2,1-2H3,(H,24,26)(H,25,27). The van der Waals surface area contributed by atoms with Gasteiger partial charge in [0.05, 0.1) is 24.6 Å². The van der Waals surface area contributed by atoms with Crippen molar-refractivity contribution in [3.8, 4) is 11.5 Å². The molecule has 2 aromatic carbocycles. The molecule has 1 heterocycles. The van der Waals surface area contributed by atoms with Crippen LogP contribution in [0.1, 0.15) is 34.8 Å². The molecule has 1 aromatic heterocycles. The number of carbonyl (C=O) groups excluding carboxylic acids is 2. The van der Waals surface area contributed by atoms with Crippen LogP contribution in [-0.2, 0) is 0 Å². The van der Waals surface area contributed by atoms with E-state index in [-0.39, 0.29) is 11.7 Å². The number of nitrogens with one attached hydrogen (secondary N) is 2. The van der Waals surface area contributed by atoms with Crippen LogP contribution in [0.5, 0.6) is 11.5 Å². The molecular formula is C22H21BrN2O5. The monoisotopic (exact) mass is 472 g/mol. The summed E-state index contributed by atoms with van der Waals surface area (Å²) >= 11 is 3.18. The van der Waals surface area contributed by atoms with Gasteiger partial charge in [-0.2, -0.15) is 0 Å². The van der Waals surface area contributed by atoms with Crippen LogP contribution >= 0.6 is 15.9 Å². The minimum atomic E-state index is -0.440. The van der Waals surface area contributed by atoms with Crippen LogP contribution in [0.25, 0.3) is 0 Å². The fourth-order valence-corrected chi connectivity index (χ4v) is 3.02. The number of ether oxygens (including phenoxy) is 2. The lowest BCUT2D eigenvalue weighted by atomic mass is 10.2. The Kier molecular flexibility index (Phi) is 7.13. The van der Waals surface area contributed by atoms with Gasteiger partial charge in [0.1, 0.15) is 11.5 Å². The van der Waals surface area contributed by atoms with Gasteiger partial charge in [0, 0.05) is 17.7 Å². The number of halogens is 1. The second kappa shape index (κ2) is 9.98. The first-order valence-electron chi connectivity index (χ1n) is 9.38. The molecule has 0 radical (unpaired) electrons. The molecule has 156 valence electrons. The van der Waals surface area contributed by atoms with Crippen molar-refractivity contribution < 1.29 is 23.5 Å². The van der Waals surface area contributed by atoms with Gasteiger partial charge in [-0.15, -0.1) is 0 Å². The molecule has 7 nitrogen and oxygen atoms in total. The lowest BCUT2D eigenvalue weighted by Gasteiger charge is -2.17. The number of hydrogen-bond donors (Lipinski definition) is 2. The number of amides is 2. The quantitative estimate of drug-likeness (QED) is 0.461. The fourth-order valence-electron chi connectivity index (χ4n) is 2.71. The summed E-state index contributed by atoms with van der Waals surface area (Å²) in [4.78, 5) is 25.1. The molecule has 0 aliphatic carbocycles. The highest BCUT2D eigenvalue weighted by Gasteiger charge is 2.18. The third-order valence-electron chi connectivity index (χ3n) is 4.01. The largest absolute Gasteiger partial charge is 0.492 e. The number of anilines is 2. The van der Waals surface area contributed by atoms with Crippen LogP contribution in [0.3, 0.4) is 0 Å². The number of rotatable bonds is 8. The Hall–Kier alpha value is -3.26. The summed E-state index contributed by atoms with van der Waals surface area (Å²) in [5.74, 6) is 0.217. The van der Waals surface area contributed by atoms with Crippen molar-refractivity contribution in [3.05, 3.63) is 70.6 Å². The molecule has 0 saturated heterocycles. The molecule has 3 aromatic rings. The molecule has 0 bridgehead atoms. The molecule has 30 heavy (non-hydrogen) atoms. The highest BCUT2D eigenvalue weighted by atomic mass is 79.9. The van der Waals surface area contributed by atoms with Crippen LogP contribution in [0, 0.1) is 0 Å². The van der Waals surface area contributed by atoms with E-state index in [1.807, 2.05) is 19.9 Å². The van der Waals surface area contributed by atoms with E-state index in [0.717, 1.165) is 0 Å². The Balaban J connectivity index is 1.92. The zero-order valence-electron chi connectivity index (χ0n) is 16.5. The zero-order valence-corrected chi connectivity index (χ0v) is 18.1. The number of hydrogen-bond acceptors (Lipinski definition) is 5. The molecule has 0 aliphatic heterocycles. The first-order chi connectivity index (χ1) is 14.5. The smallest absolute Gasteiger partial charge is 0.291 e. The van der Waals surface area contributed by atoms with Crippen LogP contribution in [-0.4, -0.2) is 25.0 Å². The highest BCUT2D eigenvalue weighted by Crippen LogP contribution is 2.37. The van der Waals surface area contributed by atoms with E-state index in [0.29, 0.717) is 46.3 Å².